The molecule has 1 saturated heterocycles. The van der Waals surface area contributed by atoms with Crippen molar-refractivity contribution in [3.05, 3.63) is 47.5 Å². The van der Waals surface area contributed by atoms with Crippen LogP contribution in [-0.2, 0) is 21.2 Å². The summed E-state index contributed by atoms with van der Waals surface area (Å²) in [4.78, 5) is 16.9. The first kappa shape index (κ1) is 19.5. The fraction of sp³-hybridized carbons (Fsp3) is 0.350. The molecule has 2 aliphatic heterocycles. The molecule has 0 unspecified atom stereocenters. The zero-order chi connectivity index (χ0) is 20.6. The Bertz CT molecular complexity index is 1050. The molecule has 2 aromatic rings. The Morgan fingerprint density at radius 2 is 1.76 bits per heavy atom. The molecule has 8 nitrogen and oxygen atoms in total. The minimum absolute atomic E-state index is 0.0475. The van der Waals surface area contributed by atoms with Crippen LogP contribution in [0, 0.1) is 0 Å². The minimum atomic E-state index is -3.55. The van der Waals surface area contributed by atoms with Gasteiger partial charge in [0.15, 0.2) is 0 Å². The van der Waals surface area contributed by atoms with E-state index in [0.29, 0.717) is 37.4 Å². The van der Waals surface area contributed by atoms with E-state index >= 15 is 0 Å². The number of phenols is 1. The van der Waals surface area contributed by atoms with Crippen molar-refractivity contribution in [3.8, 4) is 5.75 Å². The summed E-state index contributed by atoms with van der Waals surface area (Å²) in [6.07, 6.45) is 1.70. The lowest BCUT2D eigenvalue weighted by Crippen LogP contribution is -2.39. The number of phenolic OH excluding ortho intramolecular Hbond substituents is 1. The number of nitrogens with one attached hydrogen (secondary N) is 1. The summed E-state index contributed by atoms with van der Waals surface area (Å²) >= 11 is 0. The van der Waals surface area contributed by atoms with Gasteiger partial charge in [0, 0.05) is 36.6 Å². The molecule has 2 aromatic carbocycles. The number of benzene rings is 2. The van der Waals surface area contributed by atoms with Gasteiger partial charge in [-0.25, -0.2) is 8.42 Å². The Labute approximate surface area is 169 Å². The van der Waals surface area contributed by atoms with E-state index in [2.05, 4.69) is 15.7 Å². The lowest BCUT2D eigenvalue weighted by molar-refractivity contribution is 0.0980. The van der Waals surface area contributed by atoms with Gasteiger partial charge in [-0.2, -0.15) is 0 Å². The number of nitrogens with zero attached hydrogens (tertiary/aromatic N) is 2. The van der Waals surface area contributed by atoms with Crippen LogP contribution in [0.15, 0.2) is 36.4 Å². The number of hydrogen-bond donors (Lipinski definition) is 2. The van der Waals surface area contributed by atoms with Crippen LogP contribution in [0.3, 0.4) is 0 Å². The van der Waals surface area contributed by atoms with Crippen molar-refractivity contribution in [3.63, 3.8) is 0 Å². The van der Waals surface area contributed by atoms with Crippen molar-refractivity contribution < 1.29 is 23.1 Å². The van der Waals surface area contributed by atoms with Crippen molar-refractivity contribution in [2.45, 2.75) is 6.42 Å². The summed E-state index contributed by atoms with van der Waals surface area (Å²) in [5.41, 5.74) is 3.31. The van der Waals surface area contributed by atoms with Crippen LogP contribution in [-0.4, -0.2) is 58.5 Å². The number of carbonyl (C=O) groups excluding carboxylic acids is 1. The van der Waals surface area contributed by atoms with Gasteiger partial charge in [-0.05, 0) is 48.4 Å². The fourth-order valence-corrected chi connectivity index (χ4v) is 4.28. The Balaban J connectivity index is 1.60. The first-order valence-electron chi connectivity index (χ1n) is 9.40. The molecule has 2 heterocycles. The summed E-state index contributed by atoms with van der Waals surface area (Å²) in [5, 5.41) is 9.93. The average molecular weight is 417 g/mol. The molecular formula is C20H23N3O5S. The summed E-state index contributed by atoms with van der Waals surface area (Å²) in [6, 6.07) is 10.3. The van der Waals surface area contributed by atoms with Gasteiger partial charge in [0.05, 0.1) is 25.2 Å². The number of ether oxygens (including phenoxy) is 1. The number of carbonyl (C=O) groups is 1. The largest absolute Gasteiger partial charge is 0.506 e. The van der Waals surface area contributed by atoms with Gasteiger partial charge < -0.3 is 19.6 Å². The van der Waals surface area contributed by atoms with Gasteiger partial charge in [0.25, 0.3) is 5.91 Å². The Kier molecular flexibility index (Phi) is 5.10. The molecule has 2 N–H and O–H groups in total. The summed E-state index contributed by atoms with van der Waals surface area (Å²) < 4.78 is 30.7. The molecule has 0 aromatic heterocycles. The highest BCUT2D eigenvalue weighted by atomic mass is 32.2. The lowest BCUT2D eigenvalue weighted by Gasteiger charge is -2.32. The maximum Gasteiger partial charge on any atom is 0.258 e. The van der Waals surface area contributed by atoms with E-state index in [-0.39, 0.29) is 17.3 Å². The molecule has 0 bridgehead atoms. The van der Waals surface area contributed by atoms with Crippen LogP contribution in [0.5, 0.6) is 5.75 Å². The molecule has 1 fully saturated rings. The number of morpholine rings is 1. The third-order valence-electron chi connectivity index (χ3n) is 5.13. The van der Waals surface area contributed by atoms with Crippen LogP contribution in [0.4, 0.5) is 17.1 Å². The van der Waals surface area contributed by atoms with Gasteiger partial charge in [0.2, 0.25) is 10.0 Å². The molecule has 154 valence electrons. The topological polar surface area (TPSA) is 99.2 Å². The fourth-order valence-electron chi connectivity index (χ4n) is 3.71. The van der Waals surface area contributed by atoms with E-state index in [0.717, 1.165) is 30.6 Å². The maximum absolute atomic E-state index is 13.1. The lowest BCUT2D eigenvalue weighted by atomic mass is 9.97. The van der Waals surface area contributed by atoms with E-state index in [4.69, 9.17) is 4.74 Å². The SMILES string of the molecule is CS(=O)(=O)Nc1cc(N2CCc3cc(N4CCOCC4)ccc3C2=O)ccc1O. The van der Waals surface area contributed by atoms with Crippen molar-refractivity contribution in [2.24, 2.45) is 0 Å². The number of sulfonamides is 1. The van der Waals surface area contributed by atoms with Crippen molar-refractivity contribution in [1.82, 2.24) is 0 Å². The van der Waals surface area contributed by atoms with Crippen LogP contribution in [0.2, 0.25) is 0 Å². The quantitative estimate of drug-likeness (QED) is 0.736. The second kappa shape index (κ2) is 7.57. The van der Waals surface area contributed by atoms with E-state index in [1.165, 1.54) is 12.1 Å². The number of anilines is 3. The van der Waals surface area contributed by atoms with Crippen molar-refractivity contribution in [1.29, 1.82) is 0 Å². The first-order chi connectivity index (χ1) is 13.8. The molecule has 4 rings (SSSR count). The number of fused-ring (bicyclic) bond motifs is 1. The third-order valence-corrected chi connectivity index (χ3v) is 5.72. The number of hydrogen-bond acceptors (Lipinski definition) is 6. The highest BCUT2D eigenvalue weighted by molar-refractivity contribution is 7.92. The number of amides is 1. The zero-order valence-electron chi connectivity index (χ0n) is 16.1. The van der Waals surface area contributed by atoms with Crippen molar-refractivity contribution >= 4 is 33.0 Å². The van der Waals surface area contributed by atoms with Gasteiger partial charge >= 0.3 is 0 Å². The molecule has 0 atom stereocenters. The predicted octanol–water partition coefficient (Wildman–Crippen LogP) is 1.80. The molecular weight excluding hydrogens is 394 g/mol. The smallest absolute Gasteiger partial charge is 0.258 e. The standard InChI is InChI=1S/C20H23N3O5S/c1-29(26,27)21-18-13-16(3-5-19(18)24)23-7-6-14-12-15(2-4-17(14)20(23)25)22-8-10-28-11-9-22/h2-5,12-13,21,24H,6-11H2,1H3. The van der Waals surface area contributed by atoms with Gasteiger partial charge in [-0.3, -0.25) is 9.52 Å². The second-order valence-electron chi connectivity index (χ2n) is 7.22. The van der Waals surface area contributed by atoms with Gasteiger partial charge in [-0.15, -0.1) is 0 Å². The molecule has 0 radical (unpaired) electrons. The summed E-state index contributed by atoms with van der Waals surface area (Å²) in [7, 11) is -3.55. The second-order valence-corrected chi connectivity index (χ2v) is 8.97. The first-order valence-corrected chi connectivity index (χ1v) is 11.3. The molecule has 9 heteroatoms. The minimum Gasteiger partial charge on any atom is -0.506 e. The van der Waals surface area contributed by atoms with E-state index < -0.39 is 10.0 Å². The predicted molar refractivity (Wildman–Crippen MR) is 111 cm³/mol. The molecule has 1 amide bonds. The highest BCUT2D eigenvalue weighted by Crippen LogP contribution is 2.33. The van der Waals surface area contributed by atoms with Crippen LogP contribution in [0.1, 0.15) is 15.9 Å². The monoisotopic (exact) mass is 417 g/mol. The molecule has 0 spiro atoms. The van der Waals surface area contributed by atoms with Crippen molar-refractivity contribution in [2.75, 3.05) is 53.6 Å². The molecule has 2 aliphatic rings. The summed E-state index contributed by atoms with van der Waals surface area (Å²) in [5.74, 6) is -0.338. The number of rotatable bonds is 4. The van der Waals surface area contributed by atoms with E-state index in [1.54, 1.807) is 11.0 Å². The number of aromatic hydroxyl groups is 1. The molecule has 0 aliphatic carbocycles. The molecule has 29 heavy (non-hydrogen) atoms. The summed E-state index contributed by atoms with van der Waals surface area (Å²) in [6.45, 7) is 3.55. The normalized spacial score (nSPS) is 17.2. The van der Waals surface area contributed by atoms with Gasteiger partial charge in [0.1, 0.15) is 5.75 Å². The zero-order valence-corrected chi connectivity index (χ0v) is 16.9. The Hall–Kier alpha value is -2.78. The molecule has 0 saturated carbocycles. The van der Waals surface area contributed by atoms with E-state index in [9.17, 15) is 18.3 Å². The maximum atomic E-state index is 13.1. The highest BCUT2D eigenvalue weighted by Gasteiger charge is 2.27. The van der Waals surface area contributed by atoms with Crippen LogP contribution in [0.25, 0.3) is 0 Å². The van der Waals surface area contributed by atoms with Crippen LogP contribution < -0.4 is 14.5 Å². The van der Waals surface area contributed by atoms with Crippen LogP contribution >= 0.6 is 0 Å². The van der Waals surface area contributed by atoms with Gasteiger partial charge in [-0.1, -0.05) is 0 Å². The Morgan fingerprint density at radius 1 is 1.03 bits per heavy atom. The van der Waals surface area contributed by atoms with E-state index in [1.807, 2.05) is 12.1 Å². The average Bonchev–Trinajstić information content (AvgIpc) is 2.69. The Morgan fingerprint density at radius 3 is 2.48 bits per heavy atom. The third kappa shape index (κ3) is 4.15.